The van der Waals surface area contributed by atoms with Crippen molar-refractivity contribution < 1.29 is 13.2 Å². The molecule has 1 unspecified atom stereocenters. The molecule has 1 saturated heterocycles. The normalized spacial score (nSPS) is 17.6. The molecule has 0 saturated carbocycles. The number of nitrogens with zero attached hydrogens (tertiary/aromatic N) is 4. The third-order valence-electron chi connectivity index (χ3n) is 4.53. The number of benzene rings is 1. The highest BCUT2D eigenvalue weighted by Crippen LogP contribution is 2.38. The first-order valence-electron chi connectivity index (χ1n) is 9.18. The minimum absolute atomic E-state index is 0.187. The Labute approximate surface area is 153 Å². The molecule has 0 amide bonds. The molecule has 1 aromatic carbocycles. The number of hydrogen-bond acceptors (Lipinski definition) is 3. The lowest BCUT2D eigenvalue weighted by molar-refractivity contribution is -0.137. The Kier molecular flexibility index (Phi) is 7.48. The first-order chi connectivity index (χ1) is 12.4. The lowest BCUT2D eigenvalue weighted by atomic mass is 10.0. The lowest BCUT2D eigenvalue weighted by Crippen LogP contribution is -2.38. The minimum atomic E-state index is -4.27. The van der Waals surface area contributed by atoms with Gasteiger partial charge in [0.1, 0.15) is 12.7 Å². The Hall–Kier alpha value is -2.05. The number of hydrogen-bond donors (Lipinski definition) is 0. The van der Waals surface area contributed by atoms with Crippen LogP contribution < -0.4 is 4.90 Å². The van der Waals surface area contributed by atoms with Crippen LogP contribution in [0.3, 0.4) is 0 Å². The summed E-state index contributed by atoms with van der Waals surface area (Å²) in [7, 11) is 0. The zero-order valence-electron chi connectivity index (χ0n) is 15.4. The van der Waals surface area contributed by atoms with E-state index in [4.69, 9.17) is 0 Å². The summed E-state index contributed by atoms with van der Waals surface area (Å²) < 4.78 is 40.6. The van der Waals surface area contributed by atoms with E-state index >= 15 is 0 Å². The summed E-state index contributed by atoms with van der Waals surface area (Å²) in [6, 6.07) is 6.04. The van der Waals surface area contributed by atoms with Crippen molar-refractivity contribution >= 4 is 5.69 Å². The maximum atomic E-state index is 12.9. The molecule has 0 radical (unpaired) electrons. The Morgan fingerprint density at radius 2 is 1.96 bits per heavy atom. The van der Waals surface area contributed by atoms with Crippen molar-refractivity contribution in [1.29, 1.82) is 0 Å². The second-order valence-corrected chi connectivity index (χ2v) is 6.57. The number of unbranched alkanes of at least 4 members (excludes halogenated alkanes) is 1. The van der Waals surface area contributed by atoms with Crippen LogP contribution in [0, 0.1) is 0 Å². The predicted molar refractivity (Wildman–Crippen MR) is 97.0 cm³/mol. The molecule has 1 fully saturated rings. The second kappa shape index (κ2) is 9.59. The summed E-state index contributed by atoms with van der Waals surface area (Å²) >= 11 is 0. The van der Waals surface area contributed by atoms with Gasteiger partial charge in [0, 0.05) is 24.8 Å². The SMILES string of the molecule is CC1CCCCN1c1ccccc1C(F)(F)F.CCCCn1cncn1. The molecule has 7 heteroatoms. The van der Waals surface area contributed by atoms with E-state index in [9.17, 15) is 13.2 Å². The molecule has 1 atom stereocenters. The van der Waals surface area contributed by atoms with Gasteiger partial charge in [-0.2, -0.15) is 18.3 Å². The number of alkyl halides is 3. The molecule has 144 valence electrons. The number of anilines is 1. The van der Waals surface area contributed by atoms with Crippen LogP contribution in [0.5, 0.6) is 0 Å². The van der Waals surface area contributed by atoms with Crippen LogP contribution >= 0.6 is 0 Å². The van der Waals surface area contributed by atoms with Crippen molar-refractivity contribution in [3.8, 4) is 0 Å². The number of piperidine rings is 1. The van der Waals surface area contributed by atoms with Crippen LogP contribution in [0.25, 0.3) is 0 Å². The van der Waals surface area contributed by atoms with E-state index in [1.54, 1.807) is 24.8 Å². The minimum Gasteiger partial charge on any atom is -0.368 e. The number of aryl methyl sites for hydroxylation is 1. The van der Waals surface area contributed by atoms with Crippen molar-refractivity contribution in [3.05, 3.63) is 42.5 Å². The standard InChI is InChI=1S/C13H16F3N.C6H11N3/c1-10-6-4-5-9-17(10)12-8-3-2-7-11(12)13(14,15)16;1-2-3-4-9-6-7-5-8-9/h2-3,7-8,10H,4-6,9H2,1H3;5-6H,2-4H2,1H3. The lowest BCUT2D eigenvalue weighted by Gasteiger charge is -2.36. The first kappa shape index (κ1) is 20.3. The van der Waals surface area contributed by atoms with Crippen LogP contribution in [0.4, 0.5) is 18.9 Å². The second-order valence-electron chi connectivity index (χ2n) is 6.57. The van der Waals surface area contributed by atoms with E-state index in [1.807, 2.05) is 16.5 Å². The monoisotopic (exact) mass is 368 g/mol. The zero-order valence-corrected chi connectivity index (χ0v) is 15.4. The molecular weight excluding hydrogens is 341 g/mol. The van der Waals surface area contributed by atoms with Crippen LogP contribution in [0.2, 0.25) is 0 Å². The Morgan fingerprint density at radius 3 is 2.58 bits per heavy atom. The van der Waals surface area contributed by atoms with Gasteiger partial charge in [0.05, 0.1) is 5.56 Å². The smallest absolute Gasteiger partial charge is 0.368 e. The molecule has 0 bridgehead atoms. The molecular formula is C19H27F3N4. The van der Waals surface area contributed by atoms with E-state index in [0.29, 0.717) is 12.2 Å². The first-order valence-corrected chi connectivity index (χ1v) is 9.18. The third kappa shape index (κ3) is 5.75. The van der Waals surface area contributed by atoms with Gasteiger partial charge in [-0.3, -0.25) is 4.68 Å². The van der Waals surface area contributed by atoms with Crippen LogP contribution in [-0.4, -0.2) is 27.4 Å². The number of aromatic nitrogens is 3. The van der Waals surface area contributed by atoms with E-state index in [2.05, 4.69) is 17.0 Å². The largest absolute Gasteiger partial charge is 0.418 e. The summed E-state index contributed by atoms with van der Waals surface area (Å²) in [6.45, 7) is 5.87. The van der Waals surface area contributed by atoms with E-state index in [0.717, 1.165) is 31.9 Å². The average molecular weight is 368 g/mol. The zero-order chi connectivity index (χ0) is 19.0. The number of rotatable bonds is 4. The molecule has 0 N–H and O–H groups in total. The molecule has 3 rings (SSSR count). The summed E-state index contributed by atoms with van der Waals surface area (Å²) in [4.78, 5) is 5.71. The van der Waals surface area contributed by atoms with Crippen molar-refractivity contribution in [2.24, 2.45) is 0 Å². The van der Waals surface area contributed by atoms with Crippen LogP contribution in [0.15, 0.2) is 36.9 Å². The van der Waals surface area contributed by atoms with Gasteiger partial charge in [-0.05, 0) is 44.7 Å². The van der Waals surface area contributed by atoms with Gasteiger partial charge >= 0.3 is 6.18 Å². The highest BCUT2D eigenvalue weighted by molar-refractivity contribution is 5.56. The van der Waals surface area contributed by atoms with Gasteiger partial charge in [-0.25, -0.2) is 4.98 Å². The van der Waals surface area contributed by atoms with Crippen LogP contribution in [0.1, 0.15) is 51.5 Å². The summed E-state index contributed by atoms with van der Waals surface area (Å²) in [5, 5.41) is 3.96. The topological polar surface area (TPSA) is 34.0 Å². The molecule has 1 aliphatic rings. The van der Waals surface area contributed by atoms with E-state index in [1.165, 1.54) is 18.9 Å². The van der Waals surface area contributed by atoms with Crippen molar-refractivity contribution in [2.75, 3.05) is 11.4 Å². The van der Waals surface area contributed by atoms with Crippen LogP contribution in [-0.2, 0) is 12.7 Å². The van der Waals surface area contributed by atoms with E-state index < -0.39 is 11.7 Å². The summed E-state index contributed by atoms with van der Waals surface area (Å²) in [5.74, 6) is 0. The maximum Gasteiger partial charge on any atom is 0.418 e. The summed E-state index contributed by atoms with van der Waals surface area (Å²) in [5.41, 5.74) is -0.194. The molecule has 26 heavy (non-hydrogen) atoms. The molecule has 2 aromatic rings. The molecule has 2 heterocycles. The molecule has 1 aromatic heterocycles. The summed E-state index contributed by atoms with van der Waals surface area (Å²) in [6.07, 6.45) is 4.47. The maximum absolute atomic E-state index is 12.9. The van der Waals surface area contributed by atoms with Crippen molar-refractivity contribution in [1.82, 2.24) is 14.8 Å². The molecule has 0 aliphatic carbocycles. The Balaban J connectivity index is 0.000000228. The van der Waals surface area contributed by atoms with Crippen molar-refractivity contribution in [3.63, 3.8) is 0 Å². The highest BCUT2D eigenvalue weighted by Gasteiger charge is 2.35. The quantitative estimate of drug-likeness (QED) is 0.747. The molecule has 1 aliphatic heterocycles. The molecule has 0 spiro atoms. The molecule has 4 nitrogen and oxygen atoms in total. The highest BCUT2D eigenvalue weighted by atomic mass is 19.4. The van der Waals surface area contributed by atoms with Gasteiger partial charge in [-0.1, -0.05) is 25.5 Å². The predicted octanol–water partition coefficient (Wildman–Crippen LogP) is 5.16. The fraction of sp³-hybridized carbons (Fsp3) is 0.579. The van der Waals surface area contributed by atoms with E-state index in [-0.39, 0.29) is 6.04 Å². The fourth-order valence-corrected chi connectivity index (χ4v) is 3.09. The third-order valence-corrected chi connectivity index (χ3v) is 4.53. The van der Waals surface area contributed by atoms with Gasteiger partial charge < -0.3 is 4.90 Å². The average Bonchev–Trinajstić information content (AvgIpc) is 3.14. The fourth-order valence-electron chi connectivity index (χ4n) is 3.09. The Morgan fingerprint density at radius 1 is 1.19 bits per heavy atom. The number of para-hydroxylation sites is 1. The van der Waals surface area contributed by atoms with Gasteiger partial charge in [-0.15, -0.1) is 0 Å². The van der Waals surface area contributed by atoms with Gasteiger partial charge in [0.25, 0.3) is 0 Å². The van der Waals surface area contributed by atoms with Crippen molar-refractivity contribution in [2.45, 2.75) is 64.7 Å². The number of halogens is 3. The van der Waals surface area contributed by atoms with Gasteiger partial charge in [0.15, 0.2) is 0 Å². The Bertz CT molecular complexity index is 640. The van der Waals surface area contributed by atoms with Gasteiger partial charge in [0.2, 0.25) is 0 Å².